The predicted octanol–water partition coefficient (Wildman–Crippen LogP) is 2.47. The van der Waals surface area contributed by atoms with Gasteiger partial charge in [-0.25, -0.2) is 19.2 Å². The number of anilines is 2. The summed E-state index contributed by atoms with van der Waals surface area (Å²) in [4.78, 5) is 24.9. The van der Waals surface area contributed by atoms with Crippen molar-refractivity contribution in [1.29, 1.82) is 0 Å². The van der Waals surface area contributed by atoms with Crippen molar-refractivity contribution in [2.45, 2.75) is 25.5 Å². The summed E-state index contributed by atoms with van der Waals surface area (Å²) in [6.45, 7) is 2.82. The lowest BCUT2D eigenvalue weighted by Crippen LogP contribution is -2.55. The first kappa shape index (κ1) is 21.4. The standard InChI is InChI=1S/C21H24FN5O3S/c1-13-11-26(21(30)25-20-24-17-4-2-3-5-18(17)31-20)6-7-27(13)19-16(22)9-14(10-23-19)8-15(29)12-28/h2-5,9-10,13,15,28-29H,6-8,11-12H2,1H3,(H,24,25,30). The quantitative estimate of drug-likeness (QED) is 0.558. The van der Waals surface area contributed by atoms with E-state index in [9.17, 15) is 14.3 Å². The number of piperazine rings is 1. The predicted molar refractivity (Wildman–Crippen MR) is 118 cm³/mol. The molecule has 31 heavy (non-hydrogen) atoms. The van der Waals surface area contributed by atoms with Crippen LogP contribution in [0.3, 0.4) is 0 Å². The molecule has 3 heterocycles. The fourth-order valence-electron chi connectivity index (χ4n) is 3.68. The third kappa shape index (κ3) is 4.76. The number of rotatable bonds is 5. The number of nitrogens with zero attached hydrogens (tertiary/aromatic N) is 4. The molecule has 0 bridgehead atoms. The van der Waals surface area contributed by atoms with Gasteiger partial charge in [0, 0.05) is 38.3 Å². The molecule has 2 unspecified atom stereocenters. The van der Waals surface area contributed by atoms with E-state index in [-0.39, 0.29) is 30.9 Å². The minimum Gasteiger partial charge on any atom is -0.394 e. The lowest BCUT2D eigenvalue weighted by molar-refractivity contribution is 0.0954. The van der Waals surface area contributed by atoms with E-state index in [1.54, 1.807) is 4.90 Å². The average molecular weight is 446 g/mol. The number of urea groups is 1. The zero-order valence-corrected chi connectivity index (χ0v) is 17.8. The van der Waals surface area contributed by atoms with Gasteiger partial charge in [-0.05, 0) is 30.7 Å². The number of pyridine rings is 1. The van der Waals surface area contributed by atoms with E-state index in [1.165, 1.54) is 23.6 Å². The molecule has 1 aliphatic rings. The number of hydrogen-bond acceptors (Lipinski definition) is 7. The molecule has 0 aliphatic carbocycles. The van der Waals surface area contributed by atoms with Crippen LogP contribution in [0.25, 0.3) is 10.2 Å². The number of halogens is 1. The van der Waals surface area contributed by atoms with Crippen LogP contribution in [0.1, 0.15) is 12.5 Å². The van der Waals surface area contributed by atoms with Gasteiger partial charge >= 0.3 is 6.03 Å². The topological polar surface area (TPSA) is 102 Å². The fraction of sp³-hybridized carbons (Fsp3) is 0.381. The Hall–Kier alpha value is -2.82. The molecule has 3 N–H and O–H groups in total. The van der Waals surface area contributed by atoms with E-state index in [4.69, 9.17) is 5.11 Å². The lowest BCUT2D eigenvalue weighted by Gasteiger charge is -2.40. The number of para-hydroxylation sites is 1. The van der Waals surface area contributed by atoms with E-state index in [2.05, 4.69) is 15.3 Å². The fourth-order valence-corrected chi connectivity index (χ4v) is 4.54. The summed E-state index contributed by atoms with van der Waals surface area (Å²) in [7, 11) is 0. The highest BCUT2D eigenvalue weighted by Gasteiger charge is 2.29. The maximum absolute atomic E-state index is 14.7. The SMILES string of the molecule is CC1CN(C(=O)Nc2nc3ccccc3s2)CCN1c1ncc(CC(O)CO)cc1F. The number of nitrogens with one attached hydrogen (secondary N) is 1. The second-order valence-electron chi connectivity index (χ2n) is 7.59. The van der Waals surface area contributed by atoms with Crippen LogP contribution < -0.4 is 10.2 Å². The first-order chi connectivity index (χ1) is 14.9. The Balaban J connectivity index is 1.39. The number of fused-ring (bicyclic) bond motifs is 1. The Bertz CT molecular complexity index is 1050. The normalized spacial score (nSPS) is 17.7. The number of benzene rings is 1. The Morgan fingerprint density at radius 2 is 2.19 bits per heavy atom. The van der Waals surface area contributed by atoms with Gasteiger partial charge in [-0.3, -0.25) is 5.32 Å². The van der Waals surface area contributed by atoms with Crippen molar-refractivity contribution in [3.8, 4) is 0 Å². The molecule has 0 radical (unpaired) electrons. The second kappa shape index (κ2) is 9.13. The highest BCUT2D eigenvalue weighted by molar-refractivity contribution is 7.22. The van der Waals surface area contributed by atoms with Crippen molar-refractivity contribution in [1.82, 2.24) is 14.9 Å². The summed E-state index contributed by atoms with van der Waals surface area (Å²) in [5.74, 6) is -0.261. The number of carbonyl (C=O) groups excluding carboxylic acids is 1. The zero-order chi connectivity index (χ0) is 22.0. The molecule has 8 nitrogen and oxygen atoms in total. The van der Waals surface area contributed by atoms with Crippen molar-refractivity contribution in [3.05, 3.63) is 47.9 Å². The van der Waals surface area contributed by atoms with Crippen molar-refractivity contribution in [2.75, 3.05) is 36.5 Å². The molecule has 0 spiro atoms. The van der Waals surface area contributed by atoms with Gasteiger partial charge in [0.15, 0.2) is 16.8 Å². The van der Waals surface area contributed by atoms with Crippen LogP contribution in [0.4, 0.5) is 20.1 Å². The largest absolute Gasteiger partial charge is 0.394 e. The Morgan fingerprint density at radius 3 is 2.90 bits per heavy atom. The Labute approximate surface area is 183 Å². The second-order valence-corrected chi connectivity index (χ2v) is 8.63. The summed E-state index contributed by atoms with van der Waals surface area (Å²) in [5.41, 5.74) is 1.36. The number of aromatic nitrogens is 2. The van der Waals surface area contributed by atoms with Crippen LogP contribution in [-0.2, 0) is 6.42 Å². The first-order valence-electron chi connectivity index (χ1n) is 10.1. The summed E-state index contributed by atoms with van der Waals surface area (Å²) >= 11 is 1.42. The summed E-state index contributed by atoms with van der Waals surface area (Å²) < 4.78 is 15.7. The molecular weight excluding hydrogens is 421 g/mol. The van der Waals surface area contributed by atoms with Crippen LogP contribution in [0.15, 0.2) is 36.5 Å². The van der Waals surface area contributed by atoms with Crippen LogP contribution in [-0.4, -0.2) is 69.5 Å². The van der Waals surface area contributed by atoms with Gasteiger partial charge in [-0.2, -0.15) is 0 Å². The van der Waals surface area contributed by atoms with Crippen molar-refractivity contribution in [2.24, 2.45) is 0 Å². The minimum absolute atomic E-state index is 0.134. The van der Waals surface area contributed by atoms with E-state index in [1.807, 2.05) is 36.1 Å². The maximum atomic E-state index is 14.7. The Morgan fingerprint density at radius 1 is 1.39 bits per heavy atom. The molecule has 1 saturated heterocycles. The van der Waals surface area contributed by atoms with Gasteiger partial charge < -0.3 is 20.0 Å². The molecule has 2 atom stereocenters. The first-order valence-corrected chi connectivity index (χ1v) is 10.9. The third-order valence-corrected chi connectivity index (χ3v) is 6.21. The molecule has 1 aromatic carbocycles. The van der Waals surface area contributed by atoms with Crippen LogP contribution >= 0.6 is 11.3 Å². The Kier molecular flexibility index (Phi) is 6.30. The van der Waals surface area contributed by atoms with Crippen LogP contribution in [0, 0.1) is 5.82 Å². The molecule has 1 fully saturated rings. The van der Waals surface area contributed by atoms with Crippen molar-refractivity contribution >= 4 is 38.5 Å². The highest BCUT2D eigenvalue weighted by atomic mass is 32.1. The van der Waals surface area contributed by atoms with E-state index < -0.39 is 11.9 Å². The number of amides is 2. The van der Waals surface area contributed by atoms with Crippen molar-refractivity contribution < 1.29 is 19.4 Å². The average Bonchev–Trinajstić information content (AvgIpc) is 3.16. The molecule has 4 rings (SSSR count). The van der Waals surface area contributed by atoms with Gasteiger partial charge in [0.1, 0.15) is 0 Å². The molecule has 0 saturated carbocycles. The number of carbonyl (C=O) groups is 1. The molecule has 10 heteroatoms. The molecule has 164 valence electrons. The van der Waals surface area contributed by atoms with Gasteiger partial charge in [0.2, 0.25) is 0 Å². The molecular formula is C21H24FN5O3S. The lowest BCUT2D eigenvalue weighted by atomic mass is 10.1. The molecule has 3 aromatic rings. The minimum atomic E-state index is -0.941. The van der Waals surface area contributed by atoms with Gasteiger partial charge in [-0.15, -0.1) is 0 Å². The molecule has 2 amide bonds. The smallest absolute Gasteiger partial charge is 0.323 e. The summed E-state index contributed by atoms with van der Waals surface area (Å²) in [6.07, 6.45) is 0.704. The third-order valence-electron chi connectivity index (χ3n) is 5.25. The van der Waals surface area contributed by atoms with Gasteiger partial charge in [0.25, 0.3) is 0 Å². The van der Waals surface area contributed by atoms with E-state index >= 15 is 0 Å². The number of thiazole rings is 1. The van der Waals surface area contributed by atoms with Crippen LogP contribution in [0.5, 0.6) is 0 Å². The summed E-state index contributed by atoms with van der Waals surface area (Å²) in [5, 5.41) is 21.9. The number of aliphatic hydroxyl groups excluding tert-OH is 2. The van der Waals surface area contributed by atoms with Gasteiger partial charge in [-0.1, -0.05) is 23.5 Å². The molecule has 1 aliphatic heterocycles. The number of aliphatic hydroxyl groups is 2. The van der Waals surface area contributed by atoms with Crippen LogP contribution in [0.2, 0.25) is 0 Å². The van der Waals surface area contributed by atoms with Crippen molar-refractivity contribution in [3.63, 3.8) is 0 Å². The summed E-state index contributed by atoms with van der Waals surface area (Å²) in [6, 6.07) is 8.67. The molecule has 2 aromatic heterocycles. The van der Waals surface area contributed by atoms with E-state index in [0.717, 1.165) is 10.2 Å². The maximum Gasteiger partial charge on any atom is 0.323 e. The number of hydrogen-bond donors (Lipinski definition) is 3. The monoisotopic (exact) mass is 445 g/mol. The van der Waals surface area contributed by atoms with E-state index in [0.29, 0.717) is 30.3 Å². The van der Waals surface area contributed by atoms with Gasteiger partial charge in [0.05, 0.1) is 22.9 Å². The highest BCUT2D eigenvalue weighted by Crippen LogP contribution is 2.27. The zero-order valence-electron chi connectivity index (χ0n) is 17.0.